The van der Waals surface area contributed by atoms with E-state index in [1.54, 1.807) is 12.1 Å². The monoisotopic (exact) mass is 300 g/mol. The number of nitrogens with zero attached hydrogens (tertiary/aromatic N) is 1. The van der Waals surface area contributed by atoms with Crippen LogP contribution in [0.4, 0.5) is 5.69 Å². The molecule has 0 heterocycles. The molecule has 0 spiro atoms. The van der Waals surface area contributed by atoms with Gasteiger partial charge in [-0.25, -0.2) is 0 Å². The fourth-order valence-corrected chi connectivity index (χ4v) is 1.96. The number of methoxy groups -OCH3 is 1. The number of carbonyl (C=O) groups excluding carboxylic acids is 1. The number of nitro benzene ring substituents is 1. The van der Waals surface area contributed by atoms with Crippen molar-refractivity contribution in [3.05, 3.63) is 38.9 Å². The minimum absolute atomic E-state index is 0.00815. The van der Waals surface area contributed by atoms with Crippen LogP contribution in [0.15, 0.2) is 18.2 Å². The van der Waals surface area contributed by atoms with Crippen LogP contribution in [0, 0.1) is 16.0 Å². The number of benzene rings is 1. The van der Waals surface area contributed by atoms with Crippen molar-refractivity contribution in [3.63, 3.8) is 0 Å². The van der Waals surface area contributed by atoms with Gasteiger partial charge in [0.1, 0.15) is 6.04 Å². The van der Waals surface area contributed by atoms with E-state index in [-0.39, 0.29) is 18.2 Å². The second-order valence-corrected chi connectivity index (χ2v) is 5.09. The molecule has 1 aromatic carbocycles. The van der Waals surface area contributed by atoms with E-state index in [4.69, 9.17) is 16.3 Å². The third kappa shape index (κ3) is 4.18. The lowest BCUT2D eigenvalue weighted by atomic mass is 10.0. The molecule has 1 aromatic rings. The molecule has 0 amide bonds. The predicted octanol–water partition coefficient (Wildman–Crippen LogP) is 2.54. The summed E-state index contributed by atoms with van der Waals surface area (Å²) < 4.78 is 4.70. The van der Waals surface area contributed by atoms with Gasteiger partial charge in [-0.2, -0.15) is 0 Å². The van der Waals surface area contributed by atoms with Crippen LogP contribution in [0.1, 0.15) is 19.4 Å². The highest BCUT2D eigenvalue weighted by molar-refractivity contribution is 6.30. The normalized spacial score (nSPS) is 12.2. The first-order valence-corrected chi connectivity index (χ1v) is 6.48. The number of hydrogen-bond donors (Lipinski definition) is 1. The van der Waals surface area contributed by atoms with E-state index in [0.29, 0.717) is 10.6 Å². The lowest BCUT2D eigenvalue weighted by Crippen LogP contribution is -2.41. The Morgan fingerprint density at radius 1 is 1.50 bits per heavy atom. The van der Waals surface area contributed by atoms with Crippen LogP contribution in [-0.4, -0.2) is 24.0 Å². The lowest BCUT2D eigenvalue weighted by molar-refractivity contribution is -0.385. The van der Waals surface area contributed by atoms with Gasteiger partial charge in [0.25, 0.3) is 5.69 Å². The summed E-state index contributed by atoms with van der Waals surface area (Å²) in [6.07, 6.45) is 0. The minimum atomic E-state index is -0.518. The van der Waals surface area contributed by atoms with Crippen LogP contribution < -0.4 is 5.32 Å². The van der Waals surface area contributed by atoms with Crippen molar-refractivity contribution in [2.45, 2.75) is 26.4 Å². The maximum Gasteiger partial charge on any atom is 0.323 e. The Morgan fingerprint density at radius 2 is 2.15 bits per heavy atom. The summed E-state index contributed by atoms with van der Waals surface area (Å²) in [4.78, 5) is 22.1. The molecule has 0 saturated carbocycles. The molecule has 7 heteroatoms. The van der Waals surface area contributed by atoms with E-state index in [1.165, 1.54) is 13.2 Å². The first-order valence-electron chi connectivity index (χ1n) is 6.10. The van der Waals surface area contributed by atoms with Gasteiger partial charge in [-0.05, 0) is 18.1 Å². The molecule has 0 fully saturated rings. The topological polar surface area (TPSA) is 81.5 Å². The molecule has 6 nitrogen and oxygen atoms in total. The Hall–Kier alpha value is -1.66. The van der Waals surface area contributed by atoms with Gasteiger partial charge in [0.15, 0.2) is 0 Å². The Labute approximate surface area is 122 Å². The number of esters is 1. The summed E-state index contributed by atoms with van der Waals surface area (Å²) in [6.45, 7) is 3.92. The number of nitro groups is 1. The third-order valence-corrected chi connectivity index (χ3v) is 3.11. The maximum atomic E-state index is 11.6. The second-order valence-electron chi connectivity index (χ2n) is 4.66. The molecule has 0 aliphatic rings. The Bertz CT molecular complexity index is 505. The first-order chi connectivity index (χ1) is 9.36. The fourth-order valence-electron chi connectivity index (χ4n) is 1.79. The van der Waals surface area contributed by atoms with Crippen LogP contribution in [-0.2, 0) is 16.1 Å². The van der Waals surface area contributed by atoms with Crippen molar-refractivity contribution >= 4 is 23.3 Å². The Balaban J connectivity index is 2.88. The summed E-state index contributed by atoms with van der Waals surface area (Å²) in [5.41, 5.74) is 0.395. The van der Waals surface area contributed by atoms with Crippen molar-refractivity contribution in [2.24, 2.45) is 5.92 Å². The van der Waals surface area contributed by atoms with Crippen LogP contribution in [0.3, 0.4) is 0 Å². The molecule has 0 aliphatic carbocycles. The average molecular weight is 301 g/mol. The molecule has 1 atom stereocenters. The average Bonchev–Trinajstić information content (AvgIpc) is 2.39. The smallest absolute Gasteiger partial charge is 0.323 e. The first kappa shape index (κ1) is 16.4. The van der Waals surface area contributed by atoms with Crippen molar-refractivity contribution in [1.29, 1.82) is 0 Å². The van der Waals surface area contributed by atoms with Crippen molar-refractivity contribution < 1.29 is 14.5 Å². The molecular weight excluding hydrogens is 284 g/mol. The number of rotatable bonds is 6. The number of nitrogens with one attached hydrogen (secondary N) is 1. The molecule has 0 aromatic heterocycles. The molecule has 20 heavy (non-hydrogen) atoms. The van der Waals surface area contributed by atoms with Crippen molar-refractivity contribution in [2.75, 3.05) is 7.11 Å². The number of halogens is 1. The lowest BCUT2D eigenvalue weighted by Gasteiger charge is -2.19. The number of hydrogen-bond acceptors (Lipinski definition) is 5. The molecule has 1 N–H and O–H groups in total. The summed E-state index contributed by atoms with van der Waals surface area (Å²) in [5.74, 6) is -0.384. The molecule has 1 rings (SSSR count). The van der Waals surface area contributed by atoms with Crippen molar-refractivity contribution in [1.82, 2.24) is 5.32 Å². The minimum Gasteiger partial charge on any atom is -0.468 e. The van der Waals surface area contributed by atoms with Crippen LogP contribution in [0.25, 0.3) is 0 Å². The highest BCUT2D eigenvalue weighted by atomic mass is 35.5. The van der Waals surface area contributed by atoms with Gasteiger partial charge in [-0.1, -0.05) is 25.4 Å². The molecule has 0 bridgehead atoms. The van der Waals surface area contributed by atoms with Gasteiger partial charge in [0.05, 0.1) is 12.0 Å². The zero-order valence-electron chi connectivity index (χ0n) is 11.6. The standard InChI is InChI=1S/C13H17ClN2O4/c1-8(2)12(13(17)20-3)15-7-9-4-5-10(14)6-11(9)16(18)19/h4-6,8,12,15H,7H2,1-3H3. The van der Waals surface area contributed by atoms with Gasteiger partial charge < -0.3 is 4.74 Å². The van der Waals surface area contributed by atoms with Gasteiger partial charge in [0, 0.05) is 23.2 Å². The molecule has 0 saturated heterocycles. The Kier molecular flexibility index (Phi) is 5.91. The van der Waals surface area contributed by atoms with E-state index in [1.807, 2.05) is 13.8 Å². The summed E-state index contributed by atoms with van der Waals surface area (Å²) in [7, 11) is 1.31. The van der Waals surface area contributed by atoms with E-state index in [9.17, 15) is 14.9 Å². The molecule has 1 unspecified atom stereocenters. The maximum absolute atomic E-state index is 11.6. The van der Waals surface area contributed by atoms with Gasteiger partial charge in [-0.3, -0.25) is 20.2 Å². The van der Waals surface area contributed by atoms with Crippen LogP contribution in [0.2, 0.25) is 5.02 Å². The van der Waals surface area contributed by atoms with Crippen molar-refractivity contribution in [3.8, 4) is 0 Å². The molecule has 0 radical (unpaired) electrons. The highest BCUT2D eigenvalue weighted by Crippen LogP contribution is 2.23. The largest absolute Gasteiger partial charge is 0.468 e. The molecular formula is C13H17ClN2O4. The molecule has 0 aliphatic heterocycles. The fraction of sp³-hybridized carbons (Fsp3) is 0.462. The summed E-state index contributed by atoms with van der Waals surface area (Å²) in [5, 5.41) is 14.2. The SMILES string of the molecule is COC(=O)C(NCc1ccc(Cl)cc1[N+](=O)[O-])C(C)C. The zero-order chi connectivity index (χ0) is 15.3. The van der Waals surface area contributed by atoms with E-state index < -0.39 is 16.9 Å². The summed E-state index contributed by atoms with van der Waals surface area (Å²) in [6, 6.07) is 3.92. The number of ether oxygens (including phenoxy) is 1. The Morgan fingerprint density at radius 3 is 2.65 bits per heavy atom. The van der Waals surface area contributed by atoms with E-state index >= 15 is 0 Å². The van der Waals surface area contributed by atoms with Crippen LogP contribution >= 0.6 is 11.6 Å². The number of carbonyl (C=O) groups is 1. The van der Waals surface area contributed by atoms with E-state index in [0.717, 1.165) is 0 Å². The third-order valence-electron chi connectivity index (χ3n) is 2.88. The van der Waals surface area contributed by atoms with E-state index in [2.05, 4.69) is 5.32 Å². The van der Waals surface area contributed by atoms with Gasteiger partial charge in [0.2, 0.25) is 0 Å². The second kappa shape index (κ2) is 7.21. The van der Waals surface area contributed by atoms with Gasteiger partial charge in [-0.15, -0.1) is 0 Å². The predicted molar refractivity (Wildman–Crippen MR) is 75.6 cm³/mol. The molecule has 110 valence electrons. The summed E-state index contributed by atoms with van der Waals surface area (Å²) >= 11 is 5.75. The van der Waals surface area contributed by atoms with Gasteiger partial charge >= 0.3 is 5.97 Å². The highest BCUT2D eigenvalue weighted by Gasteiger charge is 2.23. The quantitative estimate of drug-likeness (QED) is 0.496. The van der Waals surface area contributed by atoms with Crippen LogP contribution in [0.5, 0.6) is 0 Å². The zero-order valence-corrected chi connectivity index (χ0v) is 12.3.